The number of H-pyrrole nitrogens is 1. The van der Waals surface area contributed by atoms with E-state index in [9.17, 15) is 9.90 Å². The second-order valence-electron chi connectivity index (χ2n) is 10.3. The van der Waals surface area contributed by atoms with Gasteiger partial charge in [-0.25, -0.2) is 4.68 Å². The highest BCUT2D eigenvalue weighted by Crippen LogP contribution is 2.40. The van der Waals surface area contributed by atoms with Gasteiger partial charge in [-0.15, -0.1) is 0 Å². The number of carbonyl (C=O) groups excluding carboxylic acids is 1. The summed E-state index contributed by atoms with van der Waals surface area (Å²) in [5.74, 6) is -0.456. The van der Waals surface area contributed by atoms with Crippen molar-refractivity contribution in [1.29, 1.82) is 0 Å². The van der Waals surface area contributed by atoms with Crippen LogP contribution in [0.5, 0.6) is 0 Å². The summed E-state index contributed by atoms with van der Waals surface area (Å²) >= 11 is 0. The lowest BCUT2D eigenvalue weighted by molar-refractivity contribution is 0.100. The Morgan fingerprint density at radius 3 is 2.76 bits per heavy atom. The van der Waals surface area contributed by atoms with Crippen LogP contribution in [0.3, 0.4) is 0 Å². The Morgan fingerprint density at radius 1 is 1.27 bits per heavy atom. The molecule has 2 aliphatic carbocycles. The van der Waals surface area contributed by atoms with Gasteiger partial charge in [0, 0.05) is 34.7 Å². The van der Waals surface area contributed by atoms with Crippen LogP contribution in [0.25, 0.3) is 16.9 Å². The molecule has 0 atom stereocenters. The van der Waals surface area contributed by atoms with Crippen molar-refractivity contribution in [3.05, 3.63) is 47.4 Å². The third-order valence-corrected chi connectivity index (χ3v) is 7.13. The van der Waals surface area contributed by atoms with Gasteiger partial charge in [-0.3, -0.25) is 9.89 Å². The molecular weight excluding hydrogens is 416 g/mol. The maximum absolute atomic E-state index is 12.2. The average Bonchev–Trinajstić information content (AvgIpc) is 3.42. The van der Waals surface area contributed by atoms with E-state index in [0.717, 1.165) is 67.6 Å². The van der Waals surface area contributed by atoms with Gasteiger partial charge in [0.15, 0.2) is 0 Å². The number of hydrogen-bond donors (Lipinski definition) is 4. The third kappa shape index (κ3) is 4.27. The Balaban J connectivity index is 1.57. The van der Waals surface area contributed by atoms with Gasteiger partial charge in [-0.2, -0.15) is 10.2 Å². The molecule has 8 heteroatoms. The number of hydrogen-bond acceptors (Lipinski definition) is 5. The largest absolute Gasteiger partial charge is 0.393 e. The van der Waals surface area contributed by atoms with Crippen molar-refractivity contribution in [1.82, 2.24) is 20.0 Å². The van der Waals surface area contributed by atoms with Crippen molar-refractivity contribution in [2.75, 3.05) is 5.32 Å². The SMILES string of the molecule is CC1(C)CCc2c(-c3cn[nH]c3)nn(-c3ccc(C(N)=O)c(N[C@H]4CC[C@H](O)CC4)c3)c2C1. The molecular formula is C25H32N6O2. The zero-order chi connectivity index (χ0) is 23.2. The lowest BCUT2D eigenvalue weighted by atomic mass is 9.76. The molecule has 33 heavy (non-hydrogen) atoms. The van der Waals surface area contributed by atoms with Crippen molar-refractivity contribution in [3.63, 3.8) is 0 Å². The summed E-state index contributed by atoms with van der Waals surface area (Å²) in [5, 5.41) is 25.4. The molecule has 2 aliphatic rings. The van der Waals surface area contributed by atoms with E-state index >= 15 is 0 Å². The first-order chi connectivity index (χ1) is 15.8. The van der Waals surface area contributed by atoms with Crippen molar-refractivity contribution in [3.8, 4) is 16.9 Å². The van der Waals surface area contributed by atoms with Gasteiger partial charge in [0.1, 0.15) is 0 Å². The van der Waals surface area contributed by atoms with Gasteiger partial charge in [-0.1, -0.05) is 13.8 Å². The summed E-state index contributed by atoms with van der Waals surface area (Å²) in [6.07, 6.45) is 9.71. The Morgan fingerprint density at radius 2 is 2.06 bits per heavy atom. The van der Waals surface area contributed by atoms with Crippen LogP contribution >= 0.6 is 0 Å². The highest BCUT2D eigenvalue weighted by molar-refractivity contribution is 5.99. The van der Waals surface area contributed by atoms with E-state index in [1.807, 2.05) is 29.2 Å². The van der Waals surface area contributed by atoms with Crippen molar-refractivity contribution < 1.29 is 9.90 Å². The number of aliphatic hydroxyl groups excluding tert-OH is 1. The Labute approximate surface area is 193 Å². The van der Waals surface area contributed by atoms with Crippen LogP contribution in [-0.2, 0) is 12.8 Å². The number of nitrogens with zero attached hydrogens (tertiary/aromatic N) is 3. The molecule has 5 rings (SSSR count). The highest BCUT2D eigenvalue weighted by atomic mass is 16.3. The fourth-order valence-electron chi connectivity index (χ4n) is 5.20. The van der Waals surface area contributed by atoms with Gasteiger partial charge in [-0.05, 0) is 68.6 Å². The molecule has 1 fully saturated rings. The molecule has 1 saturated carbocycles. The summed E-state index contributed by atoms with van der Waals surface area (Å²) in [6.45, 7) is 4.59. The molecule has 2 aromatic heterocycles. The number of primary amides is 1. The van der Waals surface area contributed by atoms with E-state index in [-0.39, 0.29) is 17.6 Å². The molecule has 174 valence electrons. The van der Waals surface area contributed by atoms with Crippen molar-refractivity contribution in [2.24, 2.45) is 11.1 Å². The normalized spacial score (nSPS) is 22.0. The maximum Gasteiger partial charge on any atom is 0.250 e. The summed E-state index contributed by atoms with van der Waals surface area (Å²) in [5.41, 5.74) is 12.4. The molecule has 1 aromatic carbocycles. The average molecular weight is 449 g/mol. The fraction of sp³-hybridized carbons (Fsp3) is 0.480. The molecule has 3 aromatic rings. The van der Waals surface area contributed by atoms with Crippen molar-refractivity contribution >= 4 is 11.6 Å². The topological polar surface area (TPSA) is 122 Å². The summed E-state index contributed by atoms with van der Waals surface area (Å²) < 4.78 is 2.03. The summed E-state index contributed by atoms with van der Waals surface area (Å²) in [7, 11) is 0. The zero-order valence-electron chi connectivity index (χ0n) is 19.3. The second kappa shape index (κ2) is 8.33. The predicted octanol–water partition coefficient (Wildman–Crippen LogP) is 3.59. The number of carbonyl (C=O) groups is 1. The van der Waals surface area contributed by atoms with Crippen LogP contribution in [-0.4, -0.2) is 43.1 Å². The second-order valence-corrected chi connectivity index (χ2v) is 10.3. The van der Waals surface area contributed by atoms with Crippen LogP contribution in [0.1, 0.15) is 67.6 Å². The minimum absolute atomic E-state index is 0.190. The highest BCUT2D eigenvalue weighted by Gasteiger charge is 2.32. The molecule has 0 aliphatic heterocycles. The lowest BCUT2D eigenvalue weighted by Gasteiger charge is -2.30. The first-order valence-electron chi connectivity index (χ1n) is 11.8. The van der Waals surface area contributed by atoms with Gasteiger partial charge in [0.05, 0.1) is 29.2 Å². The van der Waals surface area contributed by atoms with Crippen LogP contribution in [0.15, 0.2) is 30.6 Å². The van der Waals surface area contributed by atoms with E-state index in [1.54, 1.807) is 6.07 Å². The number of aromatic nitrogens is 4. The minimum atomic E-state index is -0.456. The summed E-state index contributed by atoms with van der Waals surface area (Å²) in [4.78, 5) is 12.2. The number of amides is 1. The van der Waals surface area contributed by atoms with Gasteiger partial charge < -0.3 is 16.2 Å². The fourth-order valence-corrected chi connectivity index (χ4v) is 5.20. The molecule has 0 spiro atoms. The molecule has 0 bridgehead atoms. The monoisotopic (exact) mass is 448 g/mol. The molecule has 8 nitrogen and oxygen atoms in total. The number of anilines is 1. The van der Waals surface area contributed by atoms with Crippen LogP contribution < -0.4 is 11.1 Å². The van der Waals surface area contributed by atoms with E-state index in [1.165, 1.54) is 11.3 Å². The standard InChI is InChI=1S/C25H32N6O2/c1-25(2)10-9-20-22(12-25)31(30-23(20)15-13-27-28-14-15)17-5-8-19(24(26)33)21(11-17)29-16-3-6-18(32)7-4-16/h5,8,11,13-14,16,18,29,32H,3-4,6-7,9-10,12H2,1-2H3,(H2,26,33)(H,27,28)/t16-,18-. The predicted molar refractivity (Wildman–Crippen MR) is 127 cm³/mol. The zero-order valence-corrected chi connectivity index (χ0v) is 19.3. The lowest BCUT2D eigenvalue weighted by Crippen LogP contribution is -2.29. The summed E-state index contributed by atoms with van der Waals surface area (Å²) in [6, 6.07) is 5.90. The van der Waals surface area contributed by atoms with Crippen LogP contribution in [0.4, 0.5) is 5.69 Å². The molecule has 5 N–H and O–H groups in total. The van der Waals surface area contributed by atoms with Gasteiger partial charge >= 0.3 is 0 Å². The number of aliphatic hydroxyl groups is 1. The van der Waals surface area contributed by atoms with Crippen molar-refractivity contribution in [2.45, 2.75) is 70.9 Å². The first-order valence-corrected chi connectivity index (χ1v) is 11.8. The maximum atomic E-state index is 12.2. The minimum Gasteiger partial charge on any atom is -0.393 e. The Hall–Kier alpha value is -3.13. The number of benzene rings is 1. The molecule has 0 unspecified atom stereocenters. The molecule has 0 radical (unpaired) electrons. The Kier molecular flexibility index (Phi) is 5.48. The number of nitrogens with two attached hydrogens (primary N) is 1. The third-order valence-electron chi connectivity index (χ3n) is 7.13. The molecule has 0 saturated heterocycles. The molecule has 2 heterocycles. The number of nitrogens with one attached hydrogen (secondary N) is 2. The van der Waals surface area contributed by atoms with E-state index in [4.69, 9.17) is 10.8 Å². The number of rotatable bonds is 5. The van der Waals surface area contributed by atoms with Crippen LogP contribution in [0, 0.1) is 5.41 Å². The Bertz CT molecular complexity index is 1160. The van der Waals surface area contributed by atoms with E-state index in [0.29, 0.717) is 5.56 Å². The number of fused-ring (bicyclic) bond motifs is 1. The van der Waals surface area contributed by atoms with Gasteiger partial charge in [0.25, 0.3) is 5.91 Å². The van der Waals surface area contributed by atoms with Crippen LogP contribution in [0.2, 0.25) is 0 Å². The van der Waals surface area contributed by atoms with E-state index < -0.39 is 5.91 Å². The number of aromatic amines is 1. The first kappa shape index (κ1) is 21.7. The molecule has 1 amide bonds. The smallest absolute Gasteiger partial charge is 0.250 e. The van der Waals surface area contributed by atoms with Gasteiger partial charge in [0.2, 0.25) is 0 Å². The quantitative estimate of drug-likeness (QED) is 0.475. The van der Waals surface area contributed by atoms with E-state index in [2.05, 4.69) is 29.4 Å².